The van der Waals surface area contributed by atoms with Gasteiger partial charge in [-0.3, -0.25) is 0 Å². The molecule has 0 fully saturated rings. The Balaban J connectivity index is 3.12. The molecule has 0 radical (unpaired) electrons. The molecule has 5 heteroatoms. The fraction of sp³-hybridized carbons (Fsp3) is 0. The van der Waals surface area contributed by atoms with Crippen LogP contribution in [0.15, 0.2) is 27.4 Å². The minimum Gasteiger partial charge on any atom is -0.395 e. The number of aromatic nitrogens is 1. The number of rotatable bonds is 0. The first-order chi connectivity index (χ1) is 6.18. The Morgan fingerprint density at radius 3 is 3.00 bits per heavy atom. The van der Waals surface area contributed by atoms with E-state index in [0.29, 0.717) is 5.52 Å². The van der Waals surface area contributed by atoms with Crippen molar-refractivity contribution in [3.63, 3.8) is 0 Å². The van der Waals surface area contributed by atoms with Crippen LogP contribution in [0.5, 0.6) is 0 Å². The van der Waals surface area contributed by atoms with Gasteiger partial charge in [0, 0.05) is 0 Å². The van der Waals surface area contributed by atoms with Gasteiger partial charge in [-0.2, -0.15) is 0 Å². The second-order valence-corrected chi connectivity index (χ2v) is 2.84. The number of fused-ring (bicyclic) bond motifs is 1. The highest BCUT2D eigenvalue weighted by atomic mass is 32.1. The molecule has 1 aromatic heterocycles. The van der Waals surface area contributed by atoms with Crippen LogP contribution in [-0.4, -0.2) is 4.98 Å². The topological polar surface area (TPSA) is 46.0 Å². The van der Waals surface area contributed by atoms with E-state index in [2.05, 4.69) is 21.6 Å². The van der Waals surface area contributed by atoms with Crippen LogP contribution >= 0.6 is 12.2 Å². The van der Waals surface area contributed by atoms with Crippen molar-refractivity contribution in [2.24, 2.45) is 0 Å². The van der Waals surface area contributed by atoms with Gasteiger partial charge in [-0.15, -0.1) is 0 Å². The summed E-state index contributed by atoms with van der Waals surface area (Å²) in [6.07, 6.45) is 0. The normalized spacial score (nSPS) is 10.5. The average molecular weight is 197 g/mol. The molecule has 1 N–H and O–H groups in total. The lowest BCUT2D eigenvalue weighted by Gasteiger charge is -1.95. The van der Waals surface area contributed by atoms with Gasteiger partial charge in [0.2, 0.25) is 0 Å². The summed E-state index contributed by atoms with van der Waals surface area (Å²) in [4.78, 5) is 13.7. The van der Waals surface area contributed by atoms with E-state index in [-0.39, 0.29) is 10.2 Å². The standard InChI is InChI=1S/C8H4FNO2S/c9-4-2-1-3-5-6(4)7(11)12-8(13)10-5/h1-3H,(H,10,13). The van der Waals surface area contributed by atoms with Gasteiger partial charge in [0.05, 0.1) is 5.52 Å². The van der Waals surface area contributed by atoms with Crippen molar-refractivity contribution in [1.29, 1.82) is 0 Å². The highest BCUT2D eigenvalue weighted by Crippen LogP contribution is 2.10. The first kappa shape index (κ1) is 8.12. The Labute approximate surface area is 76.8 Å². The average Bonchev–Trinajstić information content (AvgIpc) is 2.02. The molecule has 13 heavy (non-hydrogen) atoms. The van der Waals surface area contributed by atoms with E-state index >= 15 is 0 Å². The predicted octanol–water partition coefficient (Wildman–Crippen LogP) is 1.99. The second kappa shape index (κ2) is 2.77. The van der Waals surface area contributed by atoms with E-state index < -0.39 is 11.4 Å². The molecule has 0 unspecified atom stereocenters. The quantitative estimate of drug-likeness (QED) is 0.657. The minimum atomic E-state index is -0.753. The van der Waals surface area contributed by atoms with E-state index in [9.17, 15) is 9.18 Å². The SMILES string of the molecule is O=c1oc(=S)[nH]c2cccc(F)c12. The van der Waals surface area contributed by atoms with Gasteiger partial charge < -0.3 is 9.40 Å². The predicted molar refractivity (Wildman–Crippen MR) is 47.6 cm³/mol. The largest absolute Gasteiger partial charge is 0.395 e. The third-order valence-electron chi connectivity index (χ3n) is 1.64. The Hall–Kier alpha value is -1.49. The van der Waals surface area contributed by atoms with Crippen molar-refractivity contribution in [3.05, 3.63) is 39.3 Å². The maximum absolute atomic E-state index is 13.1. The molecule has 0 saturated carbocycles. The summed E-state index contributed by atoms with van der Waals surface area (Å²) in [5, 5.41) is -0.101. The summed E-state index contributed by atoms with van der Waals surface area (Å²) in [6, 6.07) is 4.24. The van der Waals surface area contributed by atoms with Crippen LogP contribution < -0.4 is 5.63 Å². The van der Waals surface area contributed by atoms with Gasteiger partial charge in [0.15, 0.2) is 0 Å². The summed E-state index contributed by atoms with van der Waals surface area (Å²) in [7, 11) is 0. The summed E-state index contributed by atoms with van der Waals surface area (Å²) in [5.41, 5.74) is -0.405. The van der Waals surface area contributed by atoms with Crippen molar-refractivity contribution < 1.29 is 8.81 Å². The fourth-order valence-electron chi connectivity index (χ4n) is 1.11. The van der Waals surface area contributed by atoms with Gasteiger partial charge in [0.1, 0.15) is 11.2 Å². The lowest BCUT2D eigenvalue weighted by Crippen LogP contribution is -2.03. The number of halogens is 1. The Morgan fingerprint density at radius 1 is 1.46 bits per heavy atom. The summed E-state index contributed by atoms with van der Waals surface area (Å²) in [5.74, 6) is -0.613. The molecule has 0 bridgehead atoms. The number of H-pyrrole nitrogens is 1. The smallest absolute Gasteiger partial charge is 0.350 e. The van der Waals surface area contributed by atoms with Crippen molar-refractivity contribution >= 4 is 23.1 Å². The second-order valence-electron chi connectivity index (χ2n) is 2.46. The number of hydrogen-bond acceptors (Lipinski definition) is 3. The first-order valence-electron chi connectivity index (χ1n) is 3.50. The van der Waals surface area contributed by atoms with Crippen molar-refractivity contribution in [1.82, 2.24) is 4.98 Å². The first-order valence-corrected chi connectivity index (χ1v) is 3.91. The Morgan fingerprint density at radius 2 is 2.23 bits per heavy atom. The monoisotopic (exact) mass is 197 g/mol. The lowest BCUT2D eigenvalue weighted by atomic mass is 10.2. The molecular formula is C8H4FNO2S. The molecule has 3 nitrogen and oxygen atoms in total. The molecule has 0 aliphatic rings. The van der Waals surface area contributed by atoms with E-state index in [1.165, 1.54) is 12.1 Å². The number of aromatic amines is 1. The van der Waals surface area contributed by atoms with Gasteiger partial charge in [-0.1, -0.05) is 6.07 Å². The zero-order valence-electron chi connectivity index (χ0n) is 6.33. The van der Waals surface area contributed by atoms with Crippen molar-refractivity contribution in [2.75, 3.05) is 0 Å². The van der Waals surface area contributed by atoms with Crippen LogP contribution in [0.25, 0.3) is 10.9 Å². The highest BCUT2D eigenvalue weighted by Gasteiger charge is 2.05. The fourth-order valence-corrected chi connectivity index (χ4v) is 1.29. The maximum atomic E-state index is 13.1. The molecule has 0 saturated heterocycles. The van der Waals surface area contributed by atoms with Crippen LogP contribution in [-0.2, 0) is 0 Å². The third-order valence-corrected chi connectivity index (χ3v) is 1.83. The van der Waals surface area contributed by atoms with Gasteiger partial charge in [-0.05, 0) is 24.4 Å². The number of benzene rings is 1. The summed E-state index contributed by atoms with van der Waals surface area (Å²) in [6.45, 7) is 0. The van der Waals surface area contributed by atoms with E-state index in [4.69, 9.17) is 0 Å². The third kappa shape index (κ3) is 1.27. The molecule has 0 spiro atoms. The summed E-state index contributed by atoms with van der Waals surface area (Å²) >= 11 is 4.63. The van der Waals surface area contributed by atoms with E-state index in [0.717, 1.165) is 0 Å². The van der Waals surface area contributed by atoms with E-state index in [1.807, 2.05) is 0 Å². The zero-order chi connectivity index (χ0) is 9.42. The molecule has 2 aromatic rings. The Kier molecular flexibility index (Phi) is 1.73. The van der Waals surface area contributed by atoms with Crippen LogP contribution in [0.2, 0.25) is 0 Å². The molecule has 0 aliphatic heterocycles. The number of nitrogens with one attached hydrogen (secondary N) is 1. The molecule has 0 amide bonds. The molecule has 1 heterocycles. The lowest BCUT2D eigenvalue weighted by molar-refractivity contribution is 0.480. The molecule has 66 valence electrons. The van der Waals surface area contributed by atoms with E-state index in [1.54, 1.807) is 6.07 Å². The highest BCUT2D eigenvalue weighted by molar-refractivity contribution is 7.71. The molecule has 1 aromatic carbocycles. The molecule has 0 atom stereocenters. The summed E-state index contributed by atoms with van der Waals surface area (Å²) < 4.78 is 17.6. The van der Waals surface area contributed by atoms with Crippen molar-refractivity contribution in [2.45, 2.75) is 0 Å². The molecular weight excluding hydrogens is 193 g/mol. The molecule has 0 aliphatic carbocycles. The minimum absolute atomic E-state index is 0.0527. The van der Waals surface area contributed by atoms with Gasteiger partial charge in [0.25, 0.3) is 4.84 Å². The van der Waals surface area contributed by atoms with Crippen LogP contribution in [0.3, 0.4) is 0 Å². The zero-order valence-corrected chi connectivity index (χ0v) is 7.15. The van der Waals surface area contributed by atoms with Gasteiger partial charge in [-0.25, -0.2) is 9.18 Å². The number of hydrogen-bond donors (Lipinski definition) is 1. The molecule has 2 rings (SSSR count). The Bertz CT molecular complexity index is 572. The van der Waals surface area contributed by atoms with Crippen LogP contribution in [0, 0.1) is 10.7 Å². The van der Waals surface area contributed by atoms with Crippen molar-refractivity contribution in [3.8, 4) is 0 Å². The maximum Gasteiger partial charge on any atom is 0.350 e. The van der Waals surface area contributed by atoms with Crippen LogP contribution in [0.4, 0.5) is 4.39 Å². The van der Waals surface area contributed by atoms with Crippen LogP contribution in [0.1, 0.15) is 0 Å². The van der Waals surface area contributed by atoms with Gasteiger partial charge >= 0.3 is 5.63 Å².